The van der Waals surface area contributed by atoms with Gasteiger partial charge in [0.15, 0.2) is 5.76 Å². The van der Waals surface area contributed by atoms with Gasteiger partial charge >= 0.3 is 18.0 Å². The van der Waals surface area contributed by atoms with Crippen LogP contribution in [0.3, 0.4) is 0 Å². The summed E-state index contributed by atoms with van der Waals surface area (Å²) in [6.07, 6.45) is -2.69. The van der Waals surface area contributed by atoms with Crippen molar-refractivity contribution in [3.8, 4) is 11.3 Å². The molecule has 32 heavy (non-hydrogen) atoms. The highest BCUT2D eigenvalue weighted by atomic mass is 19.4. The largest absolute Gasteiger partial charge is 0.451 e. The number of furan rings is 1. The van der Waals surface area contributed by atoms with Crippen LogP contribution in [0.2, 0.25) is 0 Å². The average molecular weight is 449 g/mol. The maximum atomic E-state index is 12.9. The molecule has 1 aromatic carbocycles. The first-order valence-corrected chi connectivity index (χ1v) is 10.4. The molecule has 3 amide bonds. The summed E-state index contributed by atoms with van der Waals surface area (Å²) < 4.78 is 44.4. The van der Waals surface area contributed by atoms with Gasteiger partial charge in [0.1, 0.15) is 5.76 Å². The number of amides is 3. The average Bonchev–Trinajstić information content (AvgIpc) is 3.50. The van der Waals surface area contributed by atoms with Gasteiger partial charge in [0.25, 0.3) is 5.91 Å². The highest BCUT2D eigenvalue weighted by Crippen LogP contribution is 2.32. The van der Waals surface area contributed by atoms with E-state index in [0.717, 1.165) is 25.0 Å². The quantitative estimate of drug-likeness (QED) is 0.661. The van der Waals surface area contributed by atoms with Gasteiger partial charge in [-0.3, -0.25) is 14.4 Å². The molecule has 170 valence electrons. The van der Waals surface area contributed by atoms with Crippen molar-refractivity contribution in [2.45, 2.75) is 19.0 Å². The summed E-state index contributed by atoms with van der Waals surface area (Å²) in [7, 11) is 0. The lowest BCUT2D eigenvalue weighted by molar-refractivity contribution is -0.152. The number of likely N-dealkylation sites (tertiary alicyclic amines) is 1. The van der Waals surface area contributed by atoms with Gasteiger partial charge in [-0.05, 0) is 37.1 Å². The van der Waals surface area contributed by atoms with E-state index in [1.54, 1.807) is 4.90 Å². The van der Waals surface area contributed by atoms with E-state index in [-0.39, 0.29) is 43.3 Å². The van der Waals surface area contributed by atoms with Crippen LogP contribution in [0.25, 0.3) is 11.3 Å². The number of hydrogen-bond acceptors (Lipinski definition) is 4. The molecule has 0 N–H and O–H groups in total. The maximum Gasteiger partial charge on any atom is 0.416 e. The van der Waals surface area contributed by atoms with Crippen LogP contribution in [0.15, 0.2) is 40.8 Å². The van der Waals surface area contributed by atoms with Crippen LogP contribution in [0, 0.1) is 0 Å². The van der Waals surface area contributed by atoms with Gasteiger partial charge in [-0.15, -0.1) is 0 Å². The number of carbonyl (C=O) groups is 3. The third-order valence-electron chi connectivity index (χ3n) is 5.72. The standard InChI is InChI=1S/C22H22F3N3O4/c23-22(24,25)16-5-3-4-15(14-16)17-6-7-18(32-17)19(29)27-10-12-28(13-11-27)21(31)20(30)26-8-1-2-9-26/h3-7,14H,1-2,8-13H2. The van der Waals surface area contributed by atoms with E-state index in [4.69, 9.17) is 4.42 Å². The third-order valence-corrected chi connectivity index (χ3v) is 5.72. The normalized spacial score (nSPS) is 17.0. The van der Waals surface area contributed by atoms with Crippen LogP contribution in [0.5, 0.6) is 0 Å². The molecular formula is C22H22F3N3O4. The second-order valence-corrected chi connectivity index (χ2v) is 7.83. The Bertz CT molecular complexity index is 1020. The van der Waals surface area contributed by atoms with E-state index in [2.05, 4.69) is 0 Å². The molecule has 2 saturated heterocycles. The molecule has 4 rings (SSSR count). The first kappa shape index (κ1) is 21.9. The molecule has 7 nitrogen and oxygen atoms in total. The van der Waals surface area contributed by atoms with E-state index in [9.17, 15) is 27.6 Å². The SMILES string of the molecule is O=C(C(=O)N1CCN(C(=O)c2ccc(-c3cccc(C(F)(F)F)c3)o2)CC1)N1CCCC1. The predicted octanol–water partition coefficient (Wildman–Crippen LogP) is 2.87. The Kier molecular flexibility index (Phi) is 5.94. The fraction of sp³-hybridized carbons (Fsp3) is 0.409. The van der Waals surface area contributed by atoms with Crippen LogP contribution in [-0.2, 0) is 15.8 Å². The van der Waals surface area contributed by atoms with Crippen LogP contribution < -0.4 is 0 Å². The molecular weight excluding hydrogens is 427 g/mol. The molecule has 0 atom stereocenters. The van der Waals surface area contributed by atoms with Crippen LogP contribution in [-0.4, -0.2) is 71.7 Å². The van der Waals surface area contributed by atoms with E-state index in [1.165, 1.54) is 34.1 Å². The van der Waals surface area contributed by atoms with E-state index < -0.39 is 29.5 Å². The van der Waals surface area contributed by atoms with Gasteiger partial charge < -0.3 is 19.1 Å². The number of hydrogen-bond donors (Lipinski definition) is 0. The highest BCUT2D eigenvalue weighted by molar-refractivity contribution is 6.35. The summed E-state index contributed by atoms with van der Waals surface area (Å²) in [5, 5.41) is 0. The molecule has 0 unspecified atom stereocenters. The third kappa shape index (κ3) is 4.49. The highest BCUT2D eigenvalue weighted by Gasteiger charge is 2.33. The van der Waals surface area contributed by atoms with Crippen molar-refractivity contribution >= 4 is 17.7 Å². The van der Waals surface area contributed by atoms with Gasteiger partial charge in [-0.2, -0.15) is 13.2 Å². The Morgan fingerprint density at radius 3 is 2.00 bits per heavy atom. The minimum Gasteiger partial charge on any atom is -0.451 e. The Morgan fingerprint density at radius 1 is 0.781 bits per heavy atom. The van der Waals surface area contributed by atoms with Crippen molar-refractivity contribution in [1.29, 1.82) is 0 Å². The van der Waals surface area contributed by atoms with E-state index in [0.29, 0.717) is 13.1 Å². The smallest absolute Gasteiger partial charge is 0.416 e. The van der Waals surface area contributed by atoms with E-state index in [1.807, 2.05) is 0 Å². The minimum atomic E-state index is -4.48. The Labute approximate surface area is 182 Å². The Balaban J connectivity index is 1.38. The molecule has 2 aliphatic heterocycles. The monoisotopic (exact) mass is 449 g/mol. The second kappa shape index (κ2) is 8.68. The van der Waals surface area contributed by atoms with Gasteiger partial charge in [-0.1, -0.05) is 12.1 Å². The molecule has 0 spiro atoms. The molecule has 0 radical (unpaired) electrons. The molecule has 0 bridgehead atoms. The lowest BCUT2D eigenvalue weighted by Gasteiger charge is -2.34. The van der Waals surface area contributed by atoms with Gasteiger partial charge in [0.2, 0.25) is 0 Å². The van der Waals surface area contributed by atoms with Crippen molar-refractivity contribution in [2.24, 2.45) is 0 Å². The summed E-state index contributed by atoms with van der Waals surface area (Å²) >= 11 is 0. The van der Waals surface area contributed by atoms with Gasteiger partial charge in [0, 0.05) is 44.8 Å². The van der Waals surface area contributed by atoms with Crippen LogP contribution >= 0.6 is 0 Å². The number of alkyl halides is 3. The van der Waals surface area contributed by atoms with Crippen LogP contribution in [0.1, 0.15) is 29.0 Å². The molecule has 2 fully saturated rings. The summed E-state index contributed by atoms with van der Waals surface area (Å²) in [6, 6.07) is 7.57. The first-order chi connectivity index (χ1) is 15.2. The molecule has 0 aliphatic carbocycles. The molecule has 3 heterocycles. The van der Waals surface area contributed by atoms with Crippen LogP contribution in [0.4, 0.5) is 13.2 Å². The zero-order valence-electron chi connectivity index (χ0n) is 17.2. The summed E-state index contributed by atoms with van der Waals surface area (Å²) in [5.41, 5.74) is -0.585. The fourth-order valence-electron chi connectivity index (χ4n) is 3.92. The number of nitrogens with zero attached hydrogens (tertiary/aromatic N) is 3. The molecule has 10 heteroatoms. The summed E-state index contributed by atoms with van der Waals surface area (Å²) in [4.78, 5) is 42.0. The van der Waals surface area contributed by atoms with Crippen molar-refractivity contribution in [1.82, 2.24) is 14.7 Å². The van der Waals surface area contributed by atoms with Crippen molar-refractivity contribution in [2.75, 3.05) is 39.3 Å². The van der Waals surface area contributed by atoms with E-state index >= 15 is 0 Å². The zero-order chi connectivity index (χ0) is 22.9. The molecule has 2 aliphatic rings. The molecule has 0 saturated carbocycles. The topological polar surface area (TPSA) is 74.1 Å². The van der Waals surface area contributed by atoms with Crippen molar-refractivity contribution < 1.29 is 32.0 Å². The minimum absolute atomic E-state index is 0.00494. The van der Waals surface area contributed by atoms with Gasteiger partial charge in [-0.25, -0.2) is 0 Å². The fourth-order valence-corrected chi connectivity index (χ4v) is 3.92. The second-order valence-electron chi connectivity index (χ2n) is 7.83. The zero-order valence-corrected chi connectivity index (χ0v) is 17.2. The predicted molar refractivity (Wildman–Crippen MR) is 107 cm³/mol. The lowest BCUT2D eigenvalue weighted by Crippen LogP contribution is -2.54. The maximum absolute atomic E-state index is 12.9. The van der Waals surface area contributed by atoms with Gasteiger partial charge in [0.05, 0.1) is 5.56 Å². The number of halogens is 3. The molecule has 1 aromatic heterocycles. The number of carbonyl (C=O) groups excluding carboxylic acids is 3. The molecule has 2 aromatic rings. The Morgan fingerprint density at radius 2 is 1.38 bits per heavy atom. The van der Waals surface area contributed by atoms with Crippen molar-refractivity contribution in [3.63, 3.8) is 0 Å². The van der Waals surface area contributed by atoms with Crippen molar-refractivity contribution in [3.05, 3.63) is 47.7 Å². The number of rotatable bonds is 2. The number of piperazine rings is 1. The summed E-state index contributed by atoms with van der Waals surface area (Å²) in [5.74, 6) is -1.31. The lowest BCUT2D eigenvalue weighted by atomic mass is 10.1. The summed E-state index contributed by atoms with van der Waals surface area (Å²) in [6.45, 7) is 2.11. The number of benzene rings is 1. The Hall–Kier alpha value is -3.30. The first-order valence-electron chi connectivity index (χ1n) is 10.4.